The molecule has 0 aromatic carbocycles. The van der Waals surface area contributed by atoms with Crippen LogP contribution in [0.5, 0.6) is 0 Å². The molecule has 0 N–H and O–H groups in total. The molecule has 1 aromatic heterocycles. The molecule has 0 radical (unpaired) electrons. The molecule has 1 saturated carbocycles. The first kappa shape index (κ1) is 15.7. The molecular formula is C17H28N4O. The van der Waals surface area contributed by atoms with E-state index in [4.69, 9.17) is 9.72 Å². The van der Waals surface area contributed by atoms with E-state index in [2.05, 4.69) is 34.8 Å². The van der Waals surface area contributed by atoms with Gasteiger partial charge in [-0.3, -0.25) is 4.90 Å². The minimum Gasteiger partial charge on any atom is -0.379 e. The minimum absolute atomic E-state index is 0.493. The van der Waals surface area contributed by atoms with E-state index in [1.54, 1.807) is 0 Å². The molecule has 2 aliphatic rings. The van der Waals surface area contributed by atoms with Crippen molar-refractivity contribution in [3.8, 4) is 0 Å². The molecule has 1 aliphatic carbocycles. The molecule has 5 nitrogen and oxygen atoms in total. The van der Waals surface area contributed by atoms with Crippen molar-refractivity contribution < 1.29 is 4.74 Å². The molecule has 1 atom stereocenters. The third-order valence-electron chi connectivity index (χ3n) is 4.99. The quantitative estimate of drug-likeness (QED) is 0.835. The van der Waals surface area contributed by atoms with Gasteiger partial charge in [-0.2, -0.15) is 0 Å². The summed E-state index contributed by atoms with van der Waals surface area (Å²) in [7, 11) is 2.10. The molecule has 1 aliphatic heterocycles. The van der Waals surface area contributed by atoms with Crippen molar-refractivity contribution in [1.82, 2.24) is 14.9 Å². The van der Waals surface area contributed by atoms with Crippen LogP contribution in [0.3, 0.4) is 0 Å². The molecule has 22 heavy (non-hydrogen) atoms. The maximum atomic E-state index is 5.43. The highest BCUT2D eigenvalue weighted by Crippen LogP contribution is 2.33. The fourth-order valence-electron chi connectivity index (χ4n) is 3.61. The van der Waals surface area contributed by atoms with Gasteiger partial charge in [-0.15, -0.1) is 0 Å². The van der Waals surface area contributed by atoms with Gasteiger partial charge in [0, 0.05) is 50.5 Å². The predicted octanol–water partition coefficient (Wildman–Crippen LogP) is 2.29. The highest BCUT2D eigenvalue weighted by Gasteiger charge is 2.21. The largest absolute Gasteiger partial charge is 0.379 e. The monoisotopic (exact) mass is 304 g/mol. The molecule has 1 saturated heterocycles. The van der Waals surface area contributed by atoms with Crippen molar-refractivity contribution in [2.24, 2.45) is 0 Å². The van der Waals surface area contributed by atoms with E-state index in [1.165, 1.54) is 31.4 Å². The summed E-state index contributed by atoms with van der Waals surface area (Å²) in [6.07, 6.45) is 7.17. The zero-order valence-electron chi connectivity index (χ0n) is 13.9. The van der Waals surface area contributed by atoms with E-state index < -0.39 is 0 Å². The Kier molecular flexibility index (Phi) is 5.26. The molecule has 1 aromatic rings. The second-order valence-corrected chi connectivity index (χ2v) is 6.64. The van der Waals surface area contributed by atoms with Gasteiger partial charge < -0.3 is 9.64 Å². The maximum absolute atomic E-state index is 5.43. The van der Waals surface area contributed by atoms with E-state index in [0.717, 1.165) is 38.8 Å². The normalized spacial score (nSPS) is 21.9. The molecule has 1 unspecified atom stereocenters. The van der Waals surface area contributed by atoms with Gasteiger partial charge in [-0.05, 0) is 25.8 Å². The van der Waals surface area contributed by atoms with Crippen molar-refractivity contribution in [3.05, 3.63) is 18.0 Å². The number of ether oxygens (including phenoxy) is 1. The predicted molar refractivity (Wildman–Crippen MR) is 88.4 cm³/mol. The van der Waals surface area contributed by atoms with Crippen LogP contribution in [0.4, 0.5) is 5.95 Å². The van der Waals surface area contributed by atoms with E-state index in [0.29, 0.717) is 12.0 Å². The number of hydrogen-bond donors (Lipinski definition) is 0. The third-order valence-corrected chi connectivity index (χ3v) is 4.99. The lowest BCUT2D eigenvalue weighted by atomic mass is 10.0. The Labute approximate surface area is 133 Å². The molecule has 5 heteroatoms. The SMILES string of the molecule is CC(CN(C)c1nccc(C2CCCC2)n1)N1CCOCC1. The Hall–Kier alpha value is -1.20. The van der Waals surface area contributed by atoms with Crippen LogP contribution in [0.1, 0.15) is 44.2 Å². The highest BCUT2D eigenvalue weighted by atomic mass is 16.5. The van der Waals surface area contributed by atoms with Crippen LogP contribution in [0, 0.1) is 0 Å². The Bertz CT molecular complexity index is 469. The van der Waals surface area contributed by atoms with Gasteiger partial charge in [0.1, 0.15) is 0 Å². The molecule has 122 valence electrons. The fraction of sp³-hybridized carbons (Fsp3) is 0.765. The summed E-state index contributed by atoms with van der Waals surface area (Å²) in [5.41, 5.74) is 1.23. The van der Waals surface area contributed by atoms with Gasteiger partial charge in [0.2, 0.25) is 5.95 Å². The standard InChI is InChI=1S/C17H28N4O/c1-14(21-9-11-22-12-10-21)13-20(2)17-18-8-7-16(19-17)15-5-3-4-6-15/h7-8,14-15H,3-6,9-13H2,1-2H3. The molecular weight excluding hydrogens is 276 g/mol. The van der Waals surface area contributed by atoms with Crippen LogP contribution >= 0.6 is 0 Å². The fourth-order valence-corrected chi connectivity index (χ4v) is 3.61. The van der Waals surface area contributed by atoms with Crippen LogP contribution < -0.4 is 4.90 Å². The molecule has 0 spiro atoms. The molecule has 3 rings (SSSR count). The van der Waals surface area contributed by atoms with E-state index in [-0.39, 0.29) is 0 Å². The number of aromatic nitrogens is 2. The van der Waals surface area contributed by atoms with Crippen LogP contribution in [0.25, 0.3) is 0 Å². The Morgan fingerprint density at radius 1 is 1.32 bits per heavy atom. The lowest BCUT2D eigenvalue weighted by Gasteiger charge is -2.34. The summed E-state index contributed by atoms with van der Waals surface area (Å²) < 4.78 is 5.43. The third kappa shape index (κ3) is 3.76. The topological polar surface area (TPSA) is 41.5 Å². The van der Waals surface area contributed by atoms with Gasteiger partial charge in [0.25, 0.3) is 0 Å². The molecule has 0 bridgehead atoms. The Morgan fingerprint density at radius 2 is 2.05 bits per heavy atom. The second kappa shape index (κ2) is 7.38. The van der Waals surface area contributed by atoms with Gasteiger partial charge in [-0.25, -0.2) is 9.97 Å². The minimum atomic E-state index is 0.493. The number of rotatable bonds is 5. The van der Waals surface area contributed by atoms with Crippen molar-refractivity contribution in [2.45, 2.75) is 44.6 Å². The number of hydrogen-bond acceptors (Lipinski definition) is 5. The van der Waals surface area contributed by atoms with Gasteiger partial charge >= 0.3 is 0 Å². The van der Waals surface area contributed by atoms with E-state index in [9.17, 15) is 0 Å². The Balaban J connectivity index is 1.61. The van der Waals surface area contributed by atoms with Gasteiger partial charge in [-0.1, -0.05) is 12.8 Å². The zero-order chi connectivity index (χ0) is 15.4. The summed E-state index contributed by atoms with van der Waals surface area (Å²) in [6.45, 7) is 6.98. The maximum Gasteiger partial charge on any atom is 0.225 e. The Morgan fingerprint density at radius 3 is 2.77 bits per heavy atom. The van der Waals surface area contributed by atoms with Crippen LogP contribution in [0.15, 0.2) is 12.3 Å². The van der Waals surface area contributed by atoms with E-state index in [1.807, 2.05) is 6.20 Å². The number of morpholine rings is 1. The lowest BCUT2D eigenvalue weighted by Crippen LogP contribution is -2.47. The lowest BCUT2D eigenvalue weighted by molar-refractivity contribution is 0.0217. The number of nitrogens with zero attached hydrogens (tertiary/aromatic N) is 4. The van der Waals surface area contributed by atoms with Crippen molar-refractivity contribution in [1.29, 1.82) is 0 Å². The number of likely N-dealkylation sites (N-methyl/N-ethyl adjacent to an activating group) is 1. The summed E-state index contributed by atoms with van der Waals surface area (Å²) >= 11 is 0. The second-order valence-electron chi connectivity index (χ2n) is 6.64. The van der Waals surface area contributed by atoms with E-state index >= 15 is 0 Å². The van der Waals surface area contributed by atoms with Gasteiger partial charge in [0.05, 0.1) is 13.2 Å². The van der Waals surface area contributed by atoms with Crippen LogP contribution in [0.2, 0.25) is 0 Å². The first-order chi connectivity index (χ1) is 10.7. The smallest absolute Gasteiger partial charge is 0.225 e. The van der Waals surface area contributed by atoms with Crippen molar-refractivity contribution in [3.63, 3.8) is 0 Å². The van der Waals surface area contributed by atoms with Gasteiger partial charge in [0.15, 0.2) is 0 Å². The molecule has 2 fully saturated rings. The highest BCUT2D eigenvalue weighted by molar-refractivity contribution is 5.30. The van der Waals surface area contributed by atoms with Crippen molar-refractivity contribution >= 4 is 5.95 Å². The summed E-state index contributed by atoms with van der Waals surface area (Å²) in [5.74, 6) is 1.51. The molecule has 2 heterocycles. The average molecular weight is 304 g/mol. The first-order valence-corrected chi connectivity index (χ1v) is 8.60. The summed E-state index contributed by atoms with van der Waals surface area (Å²) in [4.78, 5) is 14.0. The summed E-state index contributed by atoms with van der Waals surface area (Å²) in [6, 6.07) is 2.59. The van der Waals surface area contributed by atoms with Crippen LogP contribution in [-0.2, 0) is 4.74 Å². The van der Waals surface area contributed by atoms with Crippen molar-refractivity contribution in [2.75, 3.05) is 44.8 Å². The zero-order valence-corrected chi connectivity index (χ0v) is 13.9. The van der Waals surface area contributed by atoms with Crippen LogP contribution in [-0.4, -0.2) is 60.8 Å². The average Bonchev–Trinajstić information content (AvgIpc) is 3.10. The number of anilines is 1. The first-order valence-electron chi connectivity index (χ1n) is 8.60. The molecule has 0 amide bonds. The summed E-state index contributed by atoms with van der Waals surface area (Å²) in [5, 5.41) is 0.